The SMILES string of the molecule is CCNC(=S)[S-].[Br-].[Mg+2]. The topological polar surface area (TPSA) is 12.0 Å². The zero-order chi connectivity index (χ0) is 4.99. The Labute approximate surface area is 87.3 Å². The number of hydrogen-bond acceptors (Lipinski definition) is 2. The molecule has 5 heteroatoms. The van der Waals surface area contributed by atoms with E-state index in [4.69, 9.17) is 0 Å². The molecule has 0 spiro atoms. The van der Waals surface area contributed by atoms with Gasteiger partial charge in [0.2, 0.25) is 0 Å². The Morgan fingerprint density at radius 2 is 2.12 bits per heavy atom. The van der Waals surface area contributed by atoms with E-state index in [0.29, 0.717) is 4.32 Å². The largest absolute Gasteiger partial charge is 2.00 e. The molecule has 0 aliphatic rings. The molecular formula is C3H6BrMgNS2. The Hall–Kier alpha value is 1.36. The van der Waals surface area contributed by atoms with Crippen LogP contribution in [0.25, 0.3) is 0 Å². The molecule has 0 rings (SSSR count). The van der Waals surface area contributed by atoms with Crippen LogP contribution in [0.15, 0.2) is 0 Å². The van der Waals surface area contributed by atoms with Crippen LogP contribution >= 0.6 is 12.2 Å². The van der Waals surface area contributed by atoms with E-state index in [1.54, 1.807) is 0 Å². The average Bonchev–Trinajstić information content (AvgIpc) is 1.35. The van der Waals surface area contributed by atoms with Gasteiger partial charge in [0.15, 0.2) is 0 Å². The molecule has 8 heavy (non-hydrogen) atoms. The minimum atomic E-state index is 0. The van der Waals surface area contributed by atoms with Crippen LogP contribution in [-0.4, -0.2) is 33.9 Å². The Morgan fingerprint density at radius 3 is 2.12 bits per heavy atom. The fourth-order valence-corrected chi connectivity index (χ4v) is 0.433. The van der Waals surface area contributed by atoms with Gasteiger partial charge in [0.1, 0.15) is 0 Å². The van der Waals surface area contributed by atoms with Gasteiger partial charge in [0.05, 0.1) is 0 Å². The van der Waals surface area contributed by atoms with Crippen LogP contribution in [0.5, 0.6) is 0 Å². The van der Waals surface area contributed by atoms with Crippen LogP contribution in [0.2, 0.25) is 0 Å². The van der Waals surface area contributed by atoms with Crippen LogP contribution in [0.4, 0.5) is 0 Å². The van der Waals surface area contributed by atoms with Crippen LogP contribution in [0, 0.1) is 0 Å². The fraction of sp³-hybridized carbons (Fsp3) is 0.667. The summed E-state index contributed by atoms with van der Waals surface area (Å²) in [6, 6.07) is 0. The number of hydrogen-bond donors (Lipinski definition) is 1. The molecule has 1 N–H and O–H groups in total. The first-order valence-corrected chi connectivity index (χ1v) is 2.54. The molecule has 0 unspecified atom stereocenters. The molecule has 0 amide bonds. The summed E-state index contributed by atoms with van der Waals surface area (Å²) < 4.78 is 0.456. The molecule has 0 heterocycles. The quantitative estimate of drug-likeness (QED) is 0.291. The van der Waals surface area contributed by atoms with Crippen molar-refractivity contribution in [1.29, 1.82) is 0 Å². The molecule has 0 aromatic heterocycles. The number of rotatable bonds is 1. The van der Waals surface area contributed by atoms with Gasteiger partial charge in [-0.05, 0) is 6.92 Å². The maximum Gasteiger partial charge on any atom is 2.00 e. The number of nitrogens with one attached hydrogen (secondary N) is 1. The zero-order valence-electron chi connectivity index (χ0n) is 4.61. The second-order valence-electron chi connectivity index (χ2n) is 0.818. The third kappa shape index (κ3) is 15.7. The molecule has 0 saturated carbocycles. The molecule has 0 aromatic rings. The van der Waals surface area contributed by atoms with Gasteiger partial charge in [-0.25, -0.2) is 0 Å². The Kier molecular flexibility index (Phi) is 22.6. The van der Waals surface area contributed by atoms with Crippen LogP contribution < -0.4 is 22.3 Å². The molecule has 0 fully saturated rings. The monoisotopic (exact) mass is 223 g/mol. The number of thiocarbonyl (C=S) groups is 1. The van der Waals surface area contributed by atoms with E-state index < -0.39 is 0 Å². The van der Waals surface area contributed by atoms with Gasteiger partial charge >= 0.3 is 23.1 Å². The predicted molar refractivity (Wildman–Crippen MR) is 39.4 cm³/mol. The first-order chi connectivity index (χ1) is 2.77. The van der Waals surface area contributed by atoms with E-state index in [-0.39, 0.29) is 40.0 Å². The van der Waals surface area contributed by atoms with Gasteiger partial charge in [-0.2, -0.15) is 0 Å². The molecule has 0 aromatic carbocycles. The van der Waals surface area contributed by atoms with Crippen molar-refractivity contribution in [2.75, 3.05) is 6.54 Å². The van der Waals surface area contributed by atoms with Gasteiger partial charge in [-0.15, -0.1) is 0 Å². The summed E-state index contributed by atoms with van der Waals surface area (Å²) in [5.41, 5.74) is 0. The van der Waals surface area contributed by atoms with Crippen molar-refractivity contribution in [2.24, 2.45) is 0 Å². The van der Waals surface area contributed by atoms with Gasteiger partial charge in [-0.1, -0.05) is 4.32 Å². The summed E-state index contributed by atoms with van der Waals surface area (Å²) in [6.07, 6.45) is 0. The molecule has 0 atom stereocenters. The van der Waals surface area contributed by atoms with Crippen molar-refractivity contribution in [3.8, 4) is 0 Å². The van der Waals surface area contributed by atoms with Gasteiger partial charge in [0, 0.05) is 6.54 Å². The summed E-state index contributed by atoms with van der Waals surface area (Å²) in [4.78, 5) is 0. The molecule has 44 valence electrons. The summed E-state index contributed by atoms with van der Waals surface area (Å²) in [5, 5.41) is 2.75. The van der Waals surface area contributed by atoms with E-state index >= 15 is 0 Å². The van der Waals surface area contributed by atoms with Crippen molar-refractivity contribution in [2.45, 2.75) is 6.92 Å². The minimum Gasteiger partial charge on any atom is -1.00 e. The zero-order valence-corrected chi connectivity index (χ0v) is 9.24. The first-order valence-electron chi connectivity index (χ1n) is 1.72. The molecule has 0 aliphatic carbocycles. The normalized spacial score (nSPS) is 5.62. The molecule has 0 bridgehead atoms. The standard InChI is InChI=1S/C3H7NS2.BrH.Mg/c1-2-4-3(5)6;;/h2H2,1H3,(H2,4,5,6);1H;/q;;+2/p-2. The summed E-state index contributed by atoms with van der Waals surface area (Å²) in [5.74, 6) is 0. The van der Waals surface area contributed by atoms with Crippen molar-refractivity contribution in [1.82, 2.24) is 5.32 Å². The first kappa shape index (κ1) is 16.2. The van der Waals surface area contributed by atoms with E-state index in [1.807, 2.05) is 6.92 Å². The van der Waals surface area contributed by atoms with Gasteiger partial charge < -0.3 is 47.1 Å². The molecule has 0 aliphatic heterocycles. The predicted octanol–water partition coefficient (Wildman–Crippen LogP) is -2.95. The third-order valence-electron chi connectivity index (χ3n) is 0.321. The average molecular weight is 224 g/mol. The molecule has 1 nitrogen and oxygen atoms in total. The Balaban J connectivity index is -0.000000125. The van der Waals surface area contributed by atoms with E-state index in [9.17, 15) is 0 Å². The van der Waals surface area contributed by atoms with E-state index in [0.717, 1.165) is 6.54 Å². The van der Waals surface area contributed by atoms with Gasteiger partial charge in [0.25, 0.3) is 0 Å². The van der Waals surface area contributed by atoms with Crippen LogP contribution in [0.3, 0.4) is 0 Å². The summed E-state index contributed by atoms with van der Waals surface area (Å²) >= 11 is 9.00. The summed E-state index contributed by atoms with van der Waals surface area (Å²) in [7, 11) is 0. The smallest absolute Gasteiger partial charge is 1.00 e. The van der Waals surface area contributed by atoms with Crippen molar-refractivity contribution in [3.05, 3.63) is 0 Å². The van der Waals surface area contributed by atoms with Crippen molar-refractivity contribution < 1.29 is 17.0 Å². The van der Waals surface area contributed by atoms with E-state index in [1.165, 1.54) is 0 Å². The fourth-order valence-electron chi connectivity index (χ4n) is 0.144. The molecular weight excluding hydrogens is 218 g/mol. The van der Waals surface area contributed by atoms with Crippen molar-refractivity contribution in [3.63, 3.8) is 0 Å². The summed E-state index contributed by atoms with van der Waals surface area (Å²) in [6.45, 7) is 2.79. The maximum absolute atomic E-state index is 4.50. The molecule has 0 saturated heterocycles. The van der Waals surface area contributed by atoms with Crippen LogP contribution in [-0.2, 0) is 12.6 Å². The molecule has 0 radical (unpaired) electrons. The Bertz CT molecular complexity index is 61.2. The minimum absolute atomic E-state index is 0. The second-order valence-corrected chi connectivity index (χ2v) is 1.89. The van der Waals surface area contributed by atoms with E-state index in [2.05, 4.69) is 30.2 Å². The Morgan fingerprint density at radius 1 is 1.75 bits per heavy atom. The third-order valence-corrected chi connectivity index (χ3v) is 0.610. The number of halogens is 1. The van der Waals surface area contributed by atoms with Crippen molar-refractivity contribution >= 4 is 52.2 Å². The second kappa shape index (κ2) is 11.2. The van der Waals surface area contributed by atoms with Gasteiger partial charge in [-0.3, -0.25) is 0 Å². The maximum atomic E-state index is 4.50. The van der Waals surface area contributed by atoms with Crippen LogP contribution in [0.1, 0.15) is 6.92 Å².